The highest BCUT2D eigenvalue weighted by Crippen LogP contribution is 2.49. The Labute approximate surface area is 166 Å². The van der Waals surface area contributed by atoms with Crippen molar-refractivity contribution in [3.8, 4) is 0 Å². The molecule has 2 N–H and O–H groups in total. The minimum atomic E-state index is -4.41. The first-order valence-electron chi connectivity index (χ1n) is 9.22. The largest absolute Gasteiger partial charge is 0.450 e. The second-order valence-electron chi connectivity index (χ2n) is 6.88. The highest BCUT2D eigenvalue weighted by atomic mass is 19.4. The first-order valence-corrected chi connectivity index (χ1v) is 9.22. The fourth-order valence-electron chi connectivity index (χ4n) is 3.21. The molecule has 0 heterocycles. The SMILES string of the molecule is CCOC(=O)Nc1cccc(NC(=O)C2CC2c2cccc(C(F)(F)F)c2)c1C. The quantitative estimate of drug-likeness (QED) is 0.706. The summed E-state index contributed by atoms with van der Waals surface area (Å²) in [5.41, 5.74) is 1.49. The molecule has 2 aromatic rings. The Morgan fingerprint density at radius 3 is 2.41 bits per heavy atom. The maximum Gasteiger partial charge on any atom is 0.416 e. The molecule has 2 aromatic carbocycles. The van der Waals surface area contributed by atoms with Crippen LogP contribution >= 0.6 is 0 Å². The molecule has 3 rings (SSSR count). The second-order valence-corrected chi connectivity index (χ2v) is 6.88. The number of carbonyl (C=O) groups excluding carboxylic acids is 2. The van der Waals surface area contributed by atoms with Gasteiger partial charge >= 0.3 is 12.3 Å². The zero-order valence-corrected chi connectivity index (χ0v) is 16.0. The summed E-state index contributed by atoms with van der Waals surface area (Å²) in [5.74, 6) is -0.887. The number of benzene rings is 2. The summed E-state index contributed by atoms with van der Waals surface area (Å²) in [6, 6.07) is 10.2. The smallest absolute Gasteiger partial charge is 0.416 e. The normalized spacial score (nSPS) is 18.1. The van der Waals surface area contributed by atoms with E-state index in [2.05, 4.69) is 10.6 Å². The molecule has 2 unspecified atom stereocenters. The van der Waals surface area contributed by atoms with Crippen LogP contribution in [0.25, 0.3) is 0 Å². The lowest BCUT2D eigenvalue weighted by molar-refractivity contribution is -0.137. The van der Waals surface area contributed by atoms with E-state index in [9.17, 15) is 22.8 Å². The summed E-state index contributed by atoms with van der Waals surface area (Å²) in [4.78, 5) is 24.2. The fourth-order valence-corrected chi connectivity index (χ4v) is 3.21. The molecular formula is C21H21F3N2O3. The predicted molar refractivity (Wildman–Crippen MR) is 103 cm³/mol. The molecule has 0 bridgehead atoms. The lowest BCUT2D eigenvalue weighted by Crippen LogP contribution is -2.17. The minimum absolute atomic E-state index is 0.236. The van der Waals surface area contributed by atoms with Crippen LogP contribution in [0.3, 0.4) is 0 Å². The Hall–Kier alpha value is -3.03. The van der Waals surface area contributed by atoms with E-state index in [1.54, 1.807) is 38.1 Å². The molecule has 0 aromatic heterocycles. The topological polar surface area (TPSA) is 67.4 Å². The number of amides is 2. The van der Waals surface area contributed by atoms with Crippen molar-refractivity contribution in [2.75, 3.05) is 17.2 Å². The highest BCUT2D eigenvalue weighted by molar-refractivity contribution is 5.97. The Bertz CT molecular complexity index is 928. The van der Waals surface area contributed by atoms with E-state index in [0.29, 0.717) is 28.9 Å². The van der Waals surface area contributed by atoms with Gasteiger partial charge in [-0.15, -0.1) is 0 Å². The maximum atomic E-state index is 12.9. The molecule has 1 aliphatic carbocycles. The zero-order chi connectivity index (χ0) is 21.2. The van der Waals surface area contributed by atoms with Crippen molar-refractivity contribution in [3.63, 3.8) is 0 Å². The Morgan fingerprint density at radius 1 is 1.10 bits per heavy atom. The summed E-state index contributed by atoms with van der Waals surface area (Å²) < 4.78 is 43.5. The van der Waals surface area contributed by atoms with Crippen LogP contribution in [0.4, 0.5) is 29.3 Å². The monoisotopic (exact) mass is 406 g/mol. The molecule has 0 aliphatic heterocycles. The van der Waals surface area contributed by atoms with Crippen LogP contribution in [0, 0.1) is 12.8 Å². The number of anilines is 2. The summed E-state index contributed by atoms with van der Waals surface area (Å²) in [6.07, 6.45) is -4.51. The van der Waals surface area contributed by atoms with Gasteiger partial charge in [0.2, 0.25) is 5.91 Å². The molecule has 154 valence electrons. The summed E-state index contributed by atoms with van der Waals surface area (Å²) in [7, 11) is 0. The second kappa shape index (κ2) is 8.14. The molecule has 1 saturated carbocycles. The van der Waals surface area contributed by atoms with Crippen LogP contribution < -0.4 is 10.6 Å². The third kappa shape index (κ3) is 4.88. The van der Waals surface area contributed by atoms with Crippen LogP contribution in [0.2, 0.25) is 0 Å². The molecule has 5 nitrogen and oxygen atoms in total. The molecule has 0 spiro atoms. The van der Waals surface area contributed by atoms with Crippen LogP contribution in [-0.4, -0.2) is 18.6 Å². The van der Waals surface area contributed by atoms with Crippen molar-refractivity contribution < 1.29 is 27.5 Å². The average molecular weight is 406 g/mol. The standard InChI is InChI=1S/C21H21F3N2O3/c1-3-29-20(28)26-18-9-5-8-17(12(18)2)25-19(27)16-11-15(16)13-6-4-7-14(10-13)21(22,23)24/h4-10,15-16H,3,11H2,1-2H3,(H,25,27)(H,26,28). The van der Waals surface area contributed by atoms with Gasteiger partial charge in [0.15, 0.2) is 0 Å². The van der Waals surface area contributed by atoms with Crippen molar-refractivity contribution in [1.82, 2.24) is 0 Å². The summed E-state index contributed by atoms with van der Waals surface area (Å²) in [5, 5.41) is 5.41. The van der Waals surface area contributed by atoms with E-state index < -0.39 is 17.8 Å². The van der Waals surface area contributed by atoms with Gasteiger partial charge in [-0.25, -0.2) is 4.79 Å². The number of hydrogen-bond acceptors (Lipinski definition) is 3. The molecule has 0 radical (unpaired) electrons. The van der Waals surface area contributed by atoms with Gasteiger partial charge in [0.25, 0.3) is 0 Å². The van der Waals surface area contributed by atoms with Gasteiger partial charge in [-0.1, -0.05) is 24.3 Å². The Morgan fingerprint density at radius 2 is 1.76 bits per heavy atom. The van der Waals surface area contributed by atoms with E-state index >= 15 is 0 Å². The van der Waals surface area contributed by atoms with E-state index in [0.717, 1.165) is 12.1 Å². The highest BCUT2D eigenvalue weighted by Gasteiger charge is 2.44. The number of hydrogen-bond donors (Lipinski definition) is 2. The van der Waals surface area contributed by atoms with Crippen molar-refractivity contribution in [2.45, 2.75) is 32.4 Å². The molecule has 2 amide bonds. The van der Waals surface area contributed by atoms with E-state index in [1.165, 1.54) is 6.07 Å². The third-order valence-electron chi connectivity index (χ3n) is 4.87. The third-order valence-corrected chi connectivity index (χ3v) is 4.87. The fraction of sp³-hybridized carbons (Fsp3) is 0.333. The van der Waals surface area contributed by atoms with E-state index in [1.807, 2.05) is 0 Å². The molecule has 0 saturated heterocycles. The number of halogens is 3. The van der Waals surface area contributed by atoms with Crippen LogP contribution in [-0.2, 0) is 15.7 Å². The van der Waals surface area contributed by atoms with Gasteiger partial charge in [0, 0.05) is 17.3 Å². The van der Waals surface area contributed by atoms with Crippen molar-refractivity contribution in [1.29, 1.82) is 0 Å². The maximum absolute atomic E-state index is 12.9. The average Bonchev–Trinajstić information content (AvgIpc) is 3.46. The lowest BCUT2D eigenvalue weighted by Gasteiger charge is -2.13. The van der Waals surface area contributed by atoms with Gasteiger partial charge in [-0.05, 0) is 55.5 Å². The number of ether oxygens (including phenoxy) is 1. The van der Waals surface area contributed by atoms with Gasteiger partial charge in [0.1, 0.15) is 0 Å². The number of carbonyl (C=O) groups is 2. The molecule has 1 aliphatic rings. The van der Waals surface area contributed by atoms with Gasteiger partial charge in [-0.2, -0.15) is 13.2 Å². The molecule has 8 heteroatoms. The van der Waals surface area contributed by atoms with Gasteiger partial charge in [0.05, 0.1) is 12.2 Å². The Balaban J connectivity index is 1.67. The first kappa shape index (κ1) is 20.7. The summed E-state index contributed by atoms with van der Waals surface area (Å²) >= 11 is 0. The zero-order valence-electron chi connectivity index (χ0n) is 16.0. The number of nitrogens with one attached hydrogen (secondary N) is 2. The lowest BCUT2D eigenvalue weighted by atomic mass is 10.0. The Kier molecular flexibility index (Phi) is 5.81. The minimum Gasteiger partial charge on any atom is -0.450 e. The first-order chi connectivity index (χ1) is 13.7. The van der Waals surface area contributed by atoms with E-state index in [-0.39, 0.29) is 24.3 Å². The van der Waals surface area contributed by atoms with Gasteiger partial charge in [-0.3, -0.25) is 10.1 Å². The van der Waals surface area contributed by atoms with Gasteiger partial charge < -0.3 is 10.1 Å². The van der Waals surface area contributed by atoms with Crippen molar-refractivity contribution >= 4 is 23.4 Å². The van der Waals surface area contributed by atoms with E-state index in [4.69, 9.17) is 4.74 Å². The van der Waals surface area contributed by atoms with Crippen molar-refractivity contribution in [2.24, 2.45) is 5.92 Å². The number of rotatable bonds is 5. The molecule has 29 heavy (non-hydrogen) atoms. The predicted octanol–water partition coefficient (Wildman–Crippen LogP) is 5.32. The van der Waals surface area contributed by atoms with Crippen LogP contribution in [0.1, 0.15) is 36.0 Å². The van der Waals surface area contributed by atoms with Crippen LogP contribution in [0.15, 0.2) is 42.5 Å². The molecule has 1 fully saturated rings. The van der Waals surface area contributed by atoms with Crippen molar-refractivity contribution in [3.05, 3.63) is 59.2 Å². The molecule has 2 atom stereocenters. The number of alkyl halides is 3. The van der Waals surface area contributed by atoms with Crippen LogP contribution in [0.5, 0.6) is 0 Å². The molecular weight excluding hydrogens is 385 g/mol. The summed E-state index contributed by atoms with van der Waals surface area (Å²) in [6.45, 7) is 3.67.